The normalized spacial score (nSPS) is 12.8. The van der Waals surface area contributed by atoms with Crippen LogP contribution in [0.1, 0.15) is 103 Å². The van der Waals surface area contributed by atoms with Crippen LogP contribution in [0, 0.1) is 0 Å². The average molecular weight is 387 g/mol. The number of ether oxygens (including phenoxy) is 1. The van der Waals surface area contributed by atoms with E-state index in [2.05, 4.69) is 6.92 Å². The van der Waals surface area contributed by atoms with Gasteiger partial charge in [0.15, 0.2) is 0 Å². The summed E-state index contributed by atoms with van der Waals surface area (Å²) < 4.78 is 37.1. The van der Waals surface area contributed by atoms with Gasteiger partial charge in [-0.3, -0.25) is 0 Å². The van der Waals surface area contributed by atoms with Crippen LogP contribution in [0.3, 0.4) is 0 Å². The first kappa shape index (κ1) is 28.1. The molecule has 0 spiro atoms. The molecule has 0 aromatic heterocycles. The van der Waals surface area contributed by atoms with Gasteiger partial charge in [-0.2, -0.15) is 0 Å². The second-order valence-corrected chi connectivity index (χ2v) is 8.46. The van der Waals surface area contributed by atoms with Gasteiger partial charge in [-0.25, -0.2) is 8.42 Å². The van der Waals surface area contributed by atoms with Gasteiger partial charge >= 0.3 is 29.6 Å². The first-order valence-corrected chi connectivity index (χ1v) is 11.5. The molecule has 0 heterocycles. The van der Waals surface area contributed by atoms with Gasteiger partial charge in [0.2, 0.25) is 0 Å². The van der Waals surface area contributed by atoms with Crippen molar-refractivity contribution in [2.75, 3.05) is 12.9 Å². The molecule has 0 aliphatic rings. The fourth-order valence-corrected chi connectivity index (χ4v) is 3.60. The molecule has 25 heavy (non-hydrogen) atoms. The summed E-state index contributed by atoms with van der Waals surface area (Å²) in [4.78, 5) is 0. The summed E-state index contributed by atoms with van der Waals surface area (Å²) in [7, 11) is -2.53. The van der Waals surface area contributed by atoms with Crippen molar-refractivity contribution in [3.05, 3.63) is 0 Å². The summed E-state index contributed by atoms with van der Waals surface area (Å²) in [5.74, 6) is -0.316. The van der Waals surface area contributed by atoms with E-state index in [1.165, 1.54) is 77.0 Å². The Hall–Kier alpha value is 0.870. The second kappa shape index (κ2) is 19.6. The van der Waals surface area contributed by atoms with Crippen molar-refractivity contribution in [3.8, 4) is 0 Å². The summed E-state index contributed by atoms with van der Waals surface area (Å²) >= 11 is 0. The van der Waals surface area contributed by atoms with Crippen LogP contribution in [0.5, 0.6) is 0 Å². The first-order valence-electron chi connectivity index (χ1n) is 9.96. The molecule has 0 saturated carbocycles. The van der Waals surface area contributed by atoms with Gasteiger partial charge in [0.25, 0.3) is 0 Å². The van der Waals surface area contributed by atoms with E-state index in [0.29, 0.717) is 6.42 Å². The van der Waals surface area contributed by atoms with Crippen molar-refractivity contribution in [2.45, 2.75) is 109 Å². The molecule has 1 atom stereocenters. The van der Waals surface area contributed by atoms with Gasteiger partial charge in [0, 0.05) is 12.9 Å². The molecule has 0 aliphatic heterocycles. The fraction of sp³-hybridized carbons (Fsp3) is 1.00. The maximum absolute atomic E-state index is 10.6. The Bertz CT molecular complexity index is 360. The van der Waals surface area contributed by atoms with Gasteiger partial charge in [0.05, 0.1) is 16.2 Å². The van der Waals surface area contributed by atoms with Crippen LogP contribution >= 0.6 is 0 Å². The molecule has 0 radical (unpaired) electrons. The number of hydrogen-bond donors (Lipinski definition) is 0. The van der Waals surface area contributed by atoms with E-state index in [4.69, 9.17) is 4.74 Å². The summed E-state index contributed by atoms with van der Waals surface area (Å²) in [6.45, 7) is 2.26. The molecule has 1 unspecified atom stereocenters. The van der Waals surface area contributed by atoms with E-state index in [-0.39, 0.29) is 41.4 Å². The van der Waals surface area contributed by atoms with E-state index in [0.717, 1.165) is 12.8 Å². The smallest absolute Gasteiger partial charge is 0.748 e. The molecule has 0 N–H and O–H groups in total. The van der Waals surface area contributed by atoms with E-state index in [9.17, 15) is 13.0 Å². The van der Waals surface area contributed by atoms with Crippen molar-refractivity contribution >= 4 is 10.1 Å². The number of hydrogen-bond acceptors (Lipinski definition) is 4. The molecule has 0 aromatic rings. The predicted molar refractivity (Wildman–Crippen MR) is 100 cm³/mol. The summed E-state index contributed by atoms with van der Waals surface area (Å²) in [5.41, 5.74) is 0. The third kappa shape index (κ3) is 22.8. The Morgan fingerprint density at radius 1 is 0.760 bits per heavy atom. The van der Waals surface area contributed by atoms with Crippen molar-refractivity contribution in [1.82, 2.24) is 0 Å². The van der Waals surface area contributed by atoms with Gasteiger partial charge in [-0.15, -0.1) is 0 Å². The number of rotatable bonds is 18. The Morgan fingerprint density at radius 3 is 1.52 bits per heavy atom. The maximum Gasteiger partial charge on any atom is 1.00 e. The standard InChI is InChI=1S/C19H40O4S.Na/c1-3-4-5-6-7-8-9-10-11-12-13-14-15-16-19(23-2)17-18-24(20,21)22;/h19H,3-18H2,1-2H3,(H,20,21,22);/q;+1/p-1. The summed E-state index contributed by atoms with van der Waals surface area (Å²) in [5, 5.41) is 0. The van der Waals surface area contributed by atoms with E-state index in [1.807, 2.05) is 0 Å². The maximum atomic E-state index is 10.6. The molecule has 0 amide bonds. The van der Waals surface area contributed by atoms with Crippen molar-refractivity contribution in [3.63, 3.8) is 0 Å². The Labute approximate surface area is 178 Å². The molecule has 0 aromatic carbocycles. The van der Waals surface area contributed by atoms with E-state index < -0.39 is 10.1 Å². The van der Waals surface area contributed by atoms with Crippen LogP contribution in [0.25, 0.3) is 0 Å². The minimum absolute atomic E-state index is 0. The quantitative estimate of drug-likeness (QED) is 0.206. The Kier molecular flexibility index (Phi) is 22.0. The molecule has 0 aliphatic carbocycles. The first-order chi connectivity index (χ1) is 11.5. The number of unbranched alkanes of at least 4 members (excludes halogenated alkanes) is 12. The molecular weight excluding hydrogens is 347 g/mol. The van der Waals surface area contributed by atoms with Gasteiger partial charge in [-0.1, -0.05) is 90.4 Å². The van der Waals surface area contributed by atoms with Crippen LogP contribution in [-0.4, -0.2) is 31.9 Å². The third-order valence-electron chi connectivity index (χ3n) is 4.65. The summed E-state index contributed by atoms with van der Waals surface area (Å²) in [6.07, 6.45) is 18.2. The predicted octanol–water partition coefficient (Wildman–Crippen LogP) is 2.42. The van der Waals surface area contributed by atoms with Gasteiger partial charge in [0.1, 0.15) is 0 Å². The second-order valence-electron chi connectivity index (χ2n) is 6.94. The Morgan fingerprint density at radius 2 is 1.16 bits per heavy atom. The molecule has 6 heteroatoms. The van der Waals surface area contributed by atoms with Crippen molar-refractivity contribution < 1.29 is 47.3 Å². The van der Waals surface area contributed by atoms with Crippen LogP contribution in [0.4, 0.5) is 0 Å². The van der Waals surface area contributed by atoms with Crippen LogP contribution in [0.2, 0.25) is 0 Å². The van der Waals surface area contributed by atoms with Gasteiger partial charge < -0.3 is 9.29 Å². The minimum Gasteiger partial charge on any atom is -0.748 e. The summed E-state index contributed by atoms with van der Waals surface area (Å²) in [6, 6.07) is 0. The van der Waals surface area contributed by atoms with Crippen LogP contribution in [-0.2, 0) is 14.9 Å². The molecule has 0 rings (SSSR count). The third-order valence-corrected chi connectivity index (χ3v) is 5.39. The topological polar surface area (TPSA) is 66.4 Å². The largest absolute Gasteiger partial charge is 1.00 e. The fourth-order valence-electron chi connectivity index (χ4n) is 3.05. The Balaban J connectivity index is 0. The molecule has 0 saturated heterocycles. The molecule has 0 bridgehead atoms. The number of methoxy groups -OCH3 is 1. The van der Waals surface area contributed by atoms with Crippen molar-refractivity contribution in [1.29, 1.82) is 0 Å². The zero-order chi connectivity index (χ0) is 18.1. The zero-order valence-corrected chi connectivity index (χ0v) is 19.7. The van der Waals surface area contributed by atoms with E-state index >= 15 is 0 Å². The minimum atomic E-state index is -4.12. The van der Waals surface area contributed by atoms with E-state index in [1.54, 1.807) is 7.11 Å². The molecular formula is C19H39NaO4S. The molecule has 0 fully saturated rings. The molecule has 146 valence electrons. The molecule has 4 nitrogen and oxygen atoms in total. The SMILES string of the molecule is CCCCCCCCCCCCCCCC(CCS(=O)(=O)[O-])OC.[Na+]. The van der Waals surface area contributed by atoms with Crippen LogP contribution in [0.15, 0.2) is 0 Å². The zero-order valence-electron chi connectivity index (χ0n) is 16.9. The van der Waals surface area contributed by atoms with Gasteiger partial charge in [-0.05, 0) is 12.8 Å². The average Bonchev–Trinajstić information content (AvgIpc) is 2.53. The van der Waals surface area contributed by atoms with Crippen LogP contribution < -0.4 is 29.6 Å². The van der Waals surface area contributed by atoms with Crippen molar-refractivity contribution in [2.24, 2.45) is 0 Å². The monoisotopic (exact) mass is 386 g/mol.